The topological polar surface area (TPSA) is 81.7 Å². The number of hydrogen-bond donors (Lipinski definition) is 3. The summed E-state index contributed by atoms with van der Waals surface area (Å²) in [5.41, 5.74) is 6.36. The number of carbonyl (C=O) groups is 2. The lowest BCUT2D eigenvalue weighted by Gasteiger charge is -2.17. The smallest absolute Gasteiger partial charge is 0.303 e. The fourth-order valence-electron chi connectivity index (χ4n) is 4.11. The van der Waals surface area contributed by atoms with Gasteiger partial charge in [0, 0.05) is 29.2 Å². The second kappa shape index (κ2) is 10.8. The third-order valence-corrected chi connectivity index (χ3v) is 6.10. The number of amides is 1. The van der Waals surface area contributed by atoms with Crippen LogP contribution in [-0.4, -0.2) is 42.5 Å². The SMILES string of the molecule is CN(C)CCc1cccc(NC(=C2C(=O)Nc3cc(Cl)ccc32)c2cccc(CCC(=O)O)c2)c1. The van der Waals surface area contributed by atoms with E-state index in [1.165, 1.54) is 5.56 Å². The number of aryl methyl sites for hydroxylation is 1. The summed E-state index contributed by atoms with van der Waals surface area (Å²) in [4.78, 5) is 26.4. The Hall–Kier alpha value is -3.61. The van der Waals surface area contributed by atoms with Crippen molar-refractivity contribution in [1.29, 1.82) is 0 Å². The molecular weight excluding hydrogens is 462 g/mol. The summed E-state index contributed by atoms with van der Waals surface area (Å²) in [7, 11) is 4.09. The summed E-state index contributed by atoms with van der Waals surface area (Å²) in [6.45, 7) is 0.930. The molecule has 3 aromatic carbocycles. The summed E-state index contributed by atoms with van der Waals surface area (Å²) < 4.78 is 0. The van der Waals surface area contributed by atoms with Gasteiger partial charge in [0.25, 0.3) is 5.91 Å². The molecule has 180 valence electrons. The second-order valence-corrected chi connectivity index (χ2v) is 9.30. The van der Waals surface area contributed by atoms with Crippen molar-refractivity contribution in [1.82, 2.24) is 4.90 Å². The Kier molecular flexibility index (Phi) is 7.54. The van der Waals surface area contributed by atoms with Crippen LogP contribution in [0.1, 0.15) is 28.7 Å². The average Bonchev–Trinajstić information content (AvgIpc) is 3.14. The molecule has 1 aliphatic rings. The van der Waals surface area contributed by atoms with E-state index in [-0.39, 0.29) is 12.3 Å². The lowest BCUT2D eigenvalue weighted by molar-refractivity contribution is -0.137. The van der Waals surface area contributed by atoms with Gasteiger partial charge in [0.2, 0.25) is 0 Å². The van der Waals surface area contributed by atoms with Crippen LogP contribution in [-0.2, 0) is 22.4 Å². The first-order valence-corrected chi connectivity index (χ1v) is 11.9. The minimum Gasteiger partial charge on any atom is -0.481 e. The molecule has 3 N–H and O–H groups in total. The first-order chi connectivity index (χ1) is 16.8. The maximum atomic E-state index is 13.2. The van der Waals surface area contributed by atoms with Gasteiger partial charge in [0.05, 0.1) is 17.0 Å². The molecule has 35 heavy (non-hydrogen) atoms. The van der Waals surface area contributed by atoms with Crippen molar-refractivity contribution >= 4 is 46.1 Å². The Morgan fingerprint density at radius 3 is 2.49 bits per heavy atom. The summed E-state index contributed by atoms with van der Waals surface area (Å²) in [5, 5.41) is 16.1. The number of nitrogens with one attached hydrogen (secondary N) is 2. The van der Waals surface area contributed by atoms with Crippen LogP contribution >= 0.6 is 11.6 Å². The molecule has 0 aliphatic carbocycles. The number of likely N-dealkylation sites (N-methyl/N-ethyl adjacent to an activating group) is 1. The van der Waals surface area contributed by atoms with E-state index in [4.69, 9.17) is 16.7 Å². The lowest BCUT2D eigenvalue weighted by Crippen LogP contribution is -2.15. The predicted octanol–water partition coefficient (Wildman–Crippen LogP) is 5.39. The van der Waals surface area contributed by atoms with E-state index in [2.05, 4.69) is 27.7 Å². The molecule has 0 atom stereocenters. The number of fused-ring (bicyclic) bond motifs is 1. The van der Waals surface area contributed by atoms with Gasteiger partial charge in [-0.1, -0.05) is 48.0 Å². The summed E-state index contributed by atoms with van der Waals surface area (Å²) in [6, 6.07) is 21.2. The number of benzene rings is 3. The number of carboxylic acids is 1. The molecule has 1 amide bonds. The van der Waals surface area contributed by atoms with E-state index in [0.717, 1.165) is 35.3 Å². The van der Waals surface area contributed by atoms with Crippen LogP contribution in [0.5, 0.6) is 0 Å². The Bertz CT molecular complexity index is 1300. The maximum Gasteiger partial charge on any atom is 0.303 e. The number of rotatable bonds is 9. The minimum absolute atomic E-state index is 0.0402. The molecule has 0 bridgehead atoms. The Morgan fingerprint density at radius 1 is 1.00 bits per heavy atom. The van der Waals surface area contributed by atoms with Crippen molar-refractivity contribution in [3.63, 3.8) is 0 Å². The summed E-state index contributed by atoms with van der Waals surface area (Å²) >= 11 is 6.16. The van der Waals surface area contributed by atoms with Crippen LogP contribution in [0.25, 0.3) is 11.3 Å². The summed E-state index contributed by atoms with van der Waals surface area (Å²) in [6.07, 6.45) is 1.35. The van der Waals surface area contributed by atoms with Gasteiger partial charge < -0.3 is 20.6 Å². The van der Waals surface area contributed by atoms with Gasteiger partial charge in [-0.2, -0.15) is 0 Å². The molecule has 3 aromatic rings. The molecule has 6 nitrogen and oxygen atoms in total. The zero-order valence-corrected chi connectivity index (χ0v) is 20.5. The lowest BCUT2D eigenvalue weighted by atomic mass is 9.97. The van der Waals surface area contributed by atoms with Crippen LogP contribution in [0.15, 0.2) is 66.7 Å². The Balaban J connectivity index is 1.79. The highest BCUT2D eigenvalue weighted by atomic mass is 35.5. The monoisotopic (exact) mass is 489 g/mol. The molecule has 0 saturated heterocycles. The highest BCUT2D eigenvalue weighted by molar-refractivity contribution is 6.38. The van der Waals surface area contributed by atoms with Crippen molar-refractivity contribution in [3.8, 4) is 0 Å². The van der Waals surface area contributed by atoms with Gasteiger partial charge in [0.15, 0.2) is 0 Å². The van der Waals surface area contributed by atoms with Gasteiger partial charge in [-0.15, -0.1) is 0 Å². The Labute approximate surface area is 210 Å². The standard InChI is InChI=1S/C28H28ClN3O3/c1-32(2)14-13-19-6-4-8-22(16-19)30-27(20-7-3-5-18(15-20)9-12-25(33)34)26-23-11-10-21(29)17-24(23)31-28(26)35/h3-8,10-11,15-17,30H,9,12-14H2,1-2H3,(H,31,35)(H,33,34). The maximum absolute atomic E-state index is 13.2. The van der Waals surface area contributed by atoms with Crippen molar-refractivity contribution < 1.29 is 14.7 Å². The van der Waals surface area contributed by atoms with Crippen LogP contribution in [0.4, 0.5) is 11.4 Å². The number of aliphatic carboxylic acids is 1. The third kappa shape index (κ3) is 6.10. The number of carbonyl (C=O) groups excluding carboxylic acids is 1. The van der Waals surface area contributed by atoms with Gasteiger partial charge in [-0.25, -0.2) is 0 Å². The van der Waals surface area contributed by atoms with Gasteiger partial charge in [-0.3, -0.25) is 9.59 Å². The van der Waals surface area contributed by atoms with Gasteiger partial charge in [-0.05, 0) is 74.0 Å². The van der Waals surface area contributed by atoms with Gasteiger partial charge in [0.1, 0.15) is 0 Å². The van der Waals surface area contributed by atoms with Crippen LogP contribution < -0.4 is 10.6 Å². The predicted molar refractivity (Wildman–Crippen MR) is 142 cm³/mol. The molecule has 0 unspecified atom stereocenters. The molecular formula is C28H28ClN3O3. The number of halogens is 1. The number of carboxylic acid groups (broad SMARTS) is 1. The zero-order chi connectivity index (χ0) is 24.9. The van der Waals surface area contributed by atoms with Crippen LogP contribution in [0.2, 0.25) is 5.02 Å². The quantitative estimate of drug-likeness (QED) is 0.351. The molecule has 7 heteroatoms. The molecule has 0 spiro atoms. The Morgan fingerprint density at radius 2 is 1.74 bits per heavy atom. The van der Waals surface area contributed by atoms with Crippen molar-refractivity contribution in [2.45, 2.75) is 19.3 Å². The highest BCUT2D eigenvalue weighted by Gasteiger charge is 2.28. The number of anilines is 2. The van der Waals surface area contributed by atoms with E-state index in [9.17, 15) is 9.59 Å². The summed E-state index contributed by atoms with van der Waals surface area (Å²) in [5.74, 6) is -1.06. The van der Waals surface area contributed by atoms with Crippen LogP contribution in [0.3, 0.4) is 0 Å². The normalized spacial score (nSPS) is 14.0. The molecule has 0 fully saturated rings. The zero-order valence-electron chi connectivity index (χ0n) is 19.8. The van der Waals surface area contributed by atoms with E-state index < -0.39 is 5.97 Å². The van der Waals surface area contributed by atoms with Gasteiger partial charge >= 0.3 is 5.97 Å². The van der Waals surface area contributed by atoms with Crippen molar-refractivity contribution in [3.05, 3.63) is 94.0 Å². The van der Waals surface area contributed by atoms with Crippen molar-refractivity contribution in [2.24, 2.45) is 0 Å². The fraction of sp³-hybridized carbons (Fsp3) is 0.214. The molecule has 0 aromatic heterocycles. The first-order valence-electron chi connectivity index (χ1n) is 11.5. The molecule has 1 heterocycles. The second-order valence-electron chi connectivity index (χ2n) is 8.87. The van der Waals surface area contributed by atoms with E-state index >= 15 is 0 Å². The minimum atomic E-state index is -0.845. The number of nitrogens with zero attached hydrogens (tertiary/aromatic N) is 1. The van der Waals surface area contributed by atoms with E-state index in [1.807, 2.05) is 56.6 Å². The highest BCUT2D eigenvalue weighted by Crippen LogP contribution is 2.39. The number of hydrogen-bond acceptors (Lipinski definition) is 4. The molecule has 4 rings (SSSR count). The molecule has 1 aliphatic heterocycles. The first kappa shape index (κ1) is 24.5. The molecule has 0 radical (unpaired) electrons. The largest absolute Gasteiger partial charge is 0.481 e. The molecule has 0 saturated carbocycles. The van der Waals surface area contributed by atoms with Crippen LogP contribution in [0, 0.1) is 0 Å². The van der Waals surface area contributed by atoms with E-state index in [1.54, 1.807) is 12.1 Å². The van der Waals surface area contributed by atoms with E-state index in [0.29, 0.717) is 28.4 Å². The van der Waals surface area contributed by atoms with Crippen molar-refractivity contribution in [2.75, 3.05) is 31.3 Å². The fourth-order valence-corrected chi connectivity index (χ4v) is 4.28. The third-order valence-electron chi connectivity index (χ3n) is 5.86. The average molecular weight is 490 g/mol.